The third-order valence-corrected chi connectivity index (χ3v) is 6.17. The fourth-order valence-electron chi connectivity index (χ4n) is 4.29. The SMILES string of the molecule is COc1ccc(-n2nc(C(=O)N3CCNCC4(CC4)C3)c3c2CCOC3)cc1. The van der Waals surface area contributed by atoms with Crippen LogP contribution in [0.4, 0.5) is 0 Å². The van der Waals surface area contributed by atoms with Crippen LogP contribution in [0.5, 0.6) is 5.75 Å². The lowest BCUT2D eigenvalue weighted by atomic mass is 10.1. The molecule has 7 nitrogen and oxygen atoms in total. The van der Waals surface area contributed by atoms with Gasteiger partial charge in [-0.1, -0.05) is 0 Å². The molecule has 3 aliphatic rings. The van der Waals surface area contributed by atoms with E-state index in [0.717, 1.165) is 55.3 Å². The predicted octanol–water partition coefficient (Wildman–Crippen LogP) is 1.78. The van der Waals surface area contributed by atoms with Crippen molar-refractivity contribution in [1.82, 2.24) is 20.0 Å². The Bertz CT molecular complexity index is 886. The van der Waals surface area contributed by atoms with Gasteiger partial charge in [-0.25, -0.2) is 4.68 Å². The quantitative estimate of drug-likeness (QED) is 0.876. The van der Waals surface area contributed by atoms with Gasteiger partial charge in [0.05, 0.1) is 31.7 Å². The molecular weight excluding hydrogens is 356 g/mol. The van der Waals surface area contributed by atoms with E-state index in [4.69, 9.17) is 14.6 Å². The monoisotopic (exact) mass is 382 g/mol. The number of hydrogen-bond acceptors (Lipinski definition) is 5. The first-order chi connectivity index (χ1) is 13.7. The van der Waals surface area contributed by atoms with Crippen molar-refractivity contribution in [2.75, 3.05) is 39.9 Å². The molecule has 28 heavy (non-hydrogen) atoms. The van der Waals surface area contributed by atoms with Crippen molar-refractivity contribution in [1.29, 1.82) is 0 Å². The highest BCUT2D eigenvalue weighted by atomic mass is 16.5. The van der Waals surface area contributed by atoms with Crippen LogP contribution >= 0.6 is 0 Å². The highest BCUT2D eigenvalue weighted by Gasteiger charge is 2.46. The van der Waals surface area contributed by atoms with E-state index in [0.29, 0.717) is 18.9 Å². The van der Waals surface area contributed by atoms with E-state index in [2.05, 4.69) is 5.32 Å². The van der Waals surface area contributed by atoms with Gasteiger partial charge in [-0.3, -0.25) is 4.79 Å². The molecule has 0 bridgehead atoms. The first-order valence-electron chi connectivity index (χ1n) is 10.0. The molecule has 5 rings (SSSR count). The van der Waals surface area contributed by atoms with Crippen LogP contribution in [0, 0.1) is 5.41 Å². The summed E-state index contributed by atoms with van der Waals surface area (Å²) in [7, 11) is 1.65. The third-order valence-electron chi connectivity index (χ3n) is 6.17. The Morgan fingerprint density at radius 1 is 1.29 bits per heavy atom. The number of fused-ring (bicyclic) bond motifs is 1. The number of nitrogens with zero attached hydrogens (tertiary/aromatic N) is 3. The summed E-state index contributed by atoms with van der Waals surface area (Å²) in [6.45, 7) is 4.50. The van der Waals surface area contributed by atoms with Crippen molar-refractivity contribution in [3.05, 3.63) is 41.2 Å². The van der Waals surface area contributed by atoms with Gasteiger partial charge in [-0.05, 0) is 37.1 Å². The summed E-state index contributed by atoms with van der Waals surface area (Å²) in [5.74, 6) is 0.834. The van der Waals surface area contributed by atoms with Gasteiger partial charge in [0.2, 0.25) is 0 Å². The zero-order chi connectivity index (χ0) is 19.1. The van der Waals surface area contributed by atoms with Gasteiger partial charge in [0.1, 0.15) is 5.75 Å². The van der Waals surface area contributed by atoms with Gasteiger partial charge >= 0.3 is 0 Å². The average Bonchev–Trinajstić information content (AvgIpc) is 3.46. The minimum Gasteiger partial charge on any atom is -0.497 e. The summed E-state index contributed by atoms with van der Waals surface area (Å²) >= 11 is 0. The molecule has 1 aromatic heterocycles. The highest BCUT2D eigenvalue weighted by Crippen LogP contribution is 2.46. The Hall–Kier alpha value is -2.38. The van der Waals surface area contributed by atoms with E-state index in [1.807, 2.05) is 33.8 Å². The van der Waals surface area contributed by atoms with Crippen molar-refractivity contribution in [3.63, 3.8) is 0 Å². The van der Waals surface area contributed by atoms with E-state index in [1.165, 1.54) is 12.8 Å². The van der Waals surface area contributed by atoms with Gasteiger partial charge in [0, 0.05) is 43.6 Å². The molecule has 2 aromatic rings. The van der Waals surface area contributed by atoms with Gasteiger partial charge in [-0.2, -0.15) is 5.10 Å². The van der Waals surface area contributed by atoms with Crippen molar-refractivity contribution in [2.24, 2.45) is 5.41 Å². The molecule has 0 radical (unpaired) electrons. The Balaban J connectivity index is 1.50. The average molecular weight is 382 g/mol. The minimum absolute atomic E-state index is 0.0315. The third kappa shape index (κ3) is 3.08. The lowest BCUT2D eigenvalue weighted by Gasteiger charge is -2.23. The zero-order valence-electron chi connectivity index (χ0n) is 16.2. The van der Waals surface area contributed by atoms with Crippen molar-refractivity contribution < 1.29 is 14.3 Å². The molecule has 0 unspecified atom stereocenters. The van der Waals surface area contributed by atoms with Crippen molar-refractivity contribution in [3.8, 4) is 11.4 Å². The van der Waals surface area contributed by atoms with Crippen LogP contribution < -0.4 is 10.1 Å². The normalized spacial score (nSPS) is 20.5. The number of rotatable bonds is 3. The Labute approximate surface area is 164 Å². The molecule has 1 aromatic carbocycles. The molecule has 0 atom stereocenters. The van der Waals surface area contributed by atoms with E-state index >= 15 is 0 Å². The predicted molar refractivity (Wildman–Crippen MR) is 104 cm³/mol. The summed E-state index contributed by atoms with van der Waals surface area (Å²) in [5.41, 5.74) is 3.78. The van der Waals surface area contributed by atoms with Gasteiger partial charge in [0.15, 0.2) is 5.69 Å². The molecule has 2 aliphatic heterocycles. The molecular formula is C21H26N4O3. The van der Waals surface area contributed by atoms with E-state index in [1.54, 1.807) is 7.11 Å². The summed E-state index contributed by atoms with van der Waals surface area (Å²) in [5, 5.41) is 8.26. The lowest BCUT2D eigenvalue weighted by molar-refractivity contribution is 0.0721. The van der Waals surface area contributed by atoms with Crippen LogP contribution in [0.1, 0.15) is 34.6 Å². The van der Waals surface area contributed by atoms with Crippen LogP contribution in [-0.4, -0.2) is 60.5 Å². The number of ether oxygens (including phenoxy) is 2. The number of benzene rings is 1. The van der Waals surface area contributed by atoms with Crippen LogP contribution in [0.15, 0.2) is 24.3 Å². The van der Waals surface area contributed by atoms with Gasteiger partial charge in [0.25, 0.3) is 5.91 Å². The fraction of sp³-hybridized carbons (Fsp3) is 0.524. The largest absolute Gasteiger partial charge is 0.497 e. The Morgan fingerprint density at radius 3 is 2.86 bits per heavy atom. The second-order valence-corrected chi connectivity index (χ2v) is 8.09. The van der Waals surface area contributed by atoms with Crippen LogP contribution in [0.2, 0.25) is 0 Å². The number of hydrogen-bond donors (Lipinski definition) is 1. The minimum atomic E-state index is 0.0315. The first kappa shape index (κ1) is 17.7. The second-order valence-electron chi connectivity index (χ2n) is 8.09. The fourth-order valence-corrected chi connectivity index (χ4v) is 4.29. The summed E-state index contributed by atoms with van der Waals surface area (Å²) < 4.78 is 12.9. The summed E-state index contributed by atoms with van der Waals surface area (Å²) in [6, 6.07) is 7.79. The number of nitrogens with one attached hydrogen (secondary N) is 1. The van der Waals surface area contributed by atoms with E-state index < -0.39 is 0 Å². The summed E-state index contributed by atoms with van der Waals surface area (Å²) in [4.78, 5) is 15.4. The molecule has 1 spiro atoms. The maximum Gasteiger partial charge on any atom is 0.274 e. The topological polar surface area (TPSA) is 68.6 Å². The maximum atomic E-state index is 13.4. The van der Waals surface area contributed by atoms with Gasteiger partial charge in [-0.15, -0.1) is 0 Å². The number of methoxy groups -OCH3 is 1. The first-order valence-corrected chi connectivity index (χ1v) is 10.0. The highest BCUT2D eigenvalue weighted by molar-refractivity contribution is 5.94. The Morgan fingerprint density at radius 2 is 2.11 bits per heavy atom. The summed E-state index contributed by atoms with van der Waals surface area (Å²) in [6.07, 6.45) is 3.16. The maximum absolute atomic E-state index is 13.4. The van der Waals surface area contributed by atoms with Crippen LogP contribution in [0.25, 0.3) is 5.69 Å². The molecule has 7 heteroatoms. The lowest BCUT2D eigenvalue weighted by Crippen LogP contribution is -2.37. The molecule has 148 valence electrons. The molecule has 1 amide bonds. The Kier molecular flexibility index (Phi) is 4.36. The number of amides is 1. The number of aromatic nitrogens is 2. The standard InChI is InChI=1S/C21H26N4O3/c1-27-16-4-2-15(3-5-16)25-18-6-11-28-12-17(18)19(23-25)20(26)24-10-9-22-13-21(14-24)7-8-21/h2-5,22H,6-14H2,1H3. The molecule has 1 saturated carbocycles. The second kappa shape index (κ2) is 6.90. The number of carbonyl (C=O) groups is 1. The van der Waals surface area contributed by atoms with E-state index in [-0.39, 0.29) is 11.3 Å². The van der Waals surface area contributed by atoms with Crippen LogP contribution in [0.3, 0.4) is 0 Å². The zero-order valence-corrected chi connectivity index (χ0v) is 16.2. The van der Waals surface area contributed by atoms with Crippen LogP contribution in [-0.2, 0) is 17.8 Å². The molecule has 1 saturated heterocycles. The molecule has 2 fully saturated rings. The van der Waals surface area contributed by atoms with Crippen molar-refractivity contribution >= 4 is 5.91 Å². The molecule has 1 aliphatic carbocycles. The molecule has 1 N–H and O–H groups in total. The van der Waals surface area contributed by atoms with Gasteiger partial charge < -0.3 is 19.7 Å². The van der Waals surface area contributed by atoms with E-state index in [9.17, 15) is 4.79 Å². The number of carbonyl (C=O) groups excluding carboxylic acids is 1. The van der Waals surface area contributed by atoms with Crippen molar-refractivity contribution in [2.45, 2.75) is 25.9 Å². The smallest absolute Gasteiger partial charge is 0.274 e. The molecule has 3 heterocycles.